The van der Waals surface area contributed by atoms with Crippen molar-refractivity contribution in [3.8, 4) is 11.5 Å². The summed E-state index contributed by atoms with van der Waals surface area (Å²) in [4.78, 5) is 2.26. The Morgan fingerprint density at radius 1 is 1.30 bits per heavy atom. The molecule has 1 aliphatic rings. The number of rotatable bonds is 5. The number of methoxy groups -OCH3 is 1. The zero-order valence-corrected chi connectivity index (χ0v) is 11.5. The second-order valence-corrected chi connectivity index (χ2v) is 4.98. The third-order valence-electron chi connectivity index (χ3n) is 3.48. The first-order valence-corrected chi connectivity index (χ1v) is 6.68. The topological polar surface area (TPSA) is 47.7 Å². The summed E-state index contributed by atoms with van der Waals surface area (Å²) < 4.78 is 34.2. The molecule has 6 heteroatoms. The van der Waals surface area contributed by atoms with E-state index >= 15 is 0 Å². The lowest BCUT2D eigenvalue weighted by atomic mass is 10.1. The Balaban J connectivity index is 2.04. The highest BCUT2D eigenvalue weighted by molar-refractivity contribution is 5.43. The summed E-state index contributed by atoms with van der Waals surface area (Å²) in [6.45, 7) is -0.292. The summed E-state index contributed by atoms with van der Waals surface area (Å²) in [5.41, 5.74) is 6.79. The molecule has 0 bridgehead atoms. The van der Waals surface area contributed by atoms with Gasteiger partial charge in [-0.1, -0.05) is 6.07 Å². The molecule has 1 aromatic carbocycles. The van der Waals surface area contributed by atoms with Gasteiger partial charge in [0.25, 0.3) is 0 Å². The second kappa shape index (κ2) is 6.85. The van der Waals surface area contributed by atoms with Crippen LogP contribution in [0.1, 0.15) is 18.4 Å². The maximum absolute atomic E-state index is 12.4. The molecule has 0 amide bonds. The minimum atomic E-state index is -2.85. The van der Waals surface area contributed by atoms with Crippen LogP contribution in [0.5, 0.6) is 11.5 Å². The number of hydrogen-bond donors (Lipinski definition) is 1. The molecule has 20 heavy (non-hydrogen) atoms. The van der Waals surface area contributed by atoms with Crippen molar-refractivity contribution in [1.29, 1.82) is 0 Å². The van der Waals surface area contributed by atoms with Crippen LogP contribution in [0.3, 0.4) is 0 Å². The molecule has 1 heterocycles. The fourth-order valence-corrected chi connectivity index (χ4v) is 2.38. The van der Waals surface area contributed by atoms with Crippen molar-refractivity contribution in [3.63, 3.8) is 0 Å². The summed E-state index contributed by atoms with van der Waals surface area (Å²) in [5.74, 6) is 0.392. The smallest absolute Gasteiger partial charge is 0.387 e. The number of ether oxygens (including phenoxy) is 2. The molecule has 0 aliphatic carbocycles. The number of hydrogen-bond acceptors (Lipinski definition) is 4. The zero-order valence-electron chi connectivity index (χ0n) is 11.5. The van der Waals surface area contributed by atoms with Crippen LogP contribution in [-0.4, -0.2) is 37.8 Å². The van der Waals surface area contributed by atoms with E-state index in [2.05, 4.69) is 9.64 Å². The molecule has 0 radical (unpaired) electrons. The van der Waals surface area contributed by atoms with Gasteiger partial charge in [0.2, 0.25) is 0 Å². The number of halogens is 2. The van der Waals surface area contributed by atoms with Crippen LogP contribution < -0.4 is 15.2 Å². The van der Waals surface area contributed by atoms with E-state index in [1.54, 1.807) is 12.1 Å². The molecular formula is C14H20F2N2O2. The zero-order chi connectivity index (χ0) is 14.5. The van der Waals surface area contributed by atoms with E-state index in [9.17, 15) is 8.78 Å². The third-order valence-corrected chi connectivity index (χ3v) is 3.48. The van der Waals surface area contributed by atoms with Crippen molar-refractivity contribution in [2.75, 3.05) is 20.2 Å². The van der Waals surface area contributed by atoms with Crippen molar-refractivity contribution < 1.29 is 18.3 Å². The molecule has 112 valence electrons. The molecule has 2 rings (SSSR count). The SMILES string of the molecule is COc1ccc(CN2CCC(N)CC2)cc1OC(F)F. The van der Waals surface area contributed by atoms with E-state index < -0.39 is 6.61 Å². The van der Waals surface area contributed by atoms with Crippen LogP contribution in [-0.2, 0) is 6.54 Å². The summed E-state index contributed by atoms with van der Waals surface area (Å²) >= 11 is 0. The Morgan fingerprint density at radius 2 is 2.00 bits per heavy atom. The van der Waals surface area contributed by atoms with E-state index in [0.717, 1.165) is 31.5 Å². The van der Waals surface area contributed by atoms with Crippen LogP contribution in [0.4, 0.5) is 8.78 Å². The molecule has 0 atom stereocenters. The molecule has 0 unspecified atom stereocenters. The van der Waals surface area contributed by atoms with Crippen molar-refractivity contribution in [2.45, 2.75) is 32.0 Å². The fourth-order valence-electron chi connectivity index (χ4n) is 2.38. The van der Waals surface area contributed by atoms with Gasteiger partial charge in [-0.05, 0) is 43.6 Å². The molecule has 0 saturated carbocycles. The first-order chi connectivity index (χ1) is 9.58. The van der Waals surface area contributed by atoms with Gasteiger partial charge < -0.3 is 15.2 Å². The van der Waals surface area contributed by atoms with Gasteiger partial charge in [-0.3, -0.25) is 4.90 Å². The van der Waals surface area contributed by atoms with Crippen LogP contribution in [0, 0.1) is 0 Å². The van der Waals surface area contributed by atoms with Crippen molar-refractivity contribution >= 4 is 0 Å². The standard InChI is InChI=1S/C14H20F2N2O2/c1-19-12-3-2-10(8-13(12)20-14(15)16)9-18-6-4-11(17)5-7-18/h2-3,8,11,14H,4-7,9,17H2,1H3. The number of benzene rings is 1. The molecule has 1 fully saturated rings. The third kappa shape index (κ3) is 4.05. The molecule has 4 nitrogen and oxygen atoms in total. The Labute approximate surface area is 117 Å². The highest BCUT2D eigenvalue weighted by atomic mass is 19.3. The van der Waals surface area contributed by atoms with Gasteiger partial charge in [-0.15, -0.1) is 0 Å². The average Bonchev–Trinajstić information content (AvgIpc) is 2.41. The Hall–Kier alpha value is -1.40. The maximum Gasteiger partial charge on any atom is 0.387 e. The summed E-state index contributed by atoms with van der Waals surface area (Å²) in [6, 6.07) is 5.41. The molecule has 1 aromatic rings. The molecule has 0 spiro atoms. The maximum atomic E-state index is 12.4. The molecule has 2 N–H and O–H groups in total. The lowest BCUT2D eigenvalue weighted by Crippen LogP contribution is -2.39. The van der Waals surface area contributed by atoms with E-state index in [4.69, 9.17) is 10.5 Å². The molecule has 0 aromatic heterocycles. The number of alkyl halides is 2. The van der Waals surface area contributed by atoms with E-state index in [1.807, 2.05) is 6.07 Å². The number of likely N-dealkylation sites (tertiary alicyclic amines) is 1. The minimum Gasteiger partial charge on any atom is -0.493 e. The largest absolute Gasteiger partial charge is 0.493 e. The number of nitrogens with zero attached hydrogens (tertiary/aromatic N) is 1. The van der Waals surface area contributed by atoms with Crippen LogP contribution >= 0.6 is 0 Å². The van der Waals surface area contributed by atoms with Crippen molar-refractivity contribution in [1.82, 2.24) is 4.90 Å². The Kier molecular flexibility index (Phi) is 5.14. The molecular weight excluding hydrogens is 266 g/mol. The van der Waals surface area contributed by atoms with Gasteiger partial charge in [0.1, 0.15) is 0 Å². The van der Waals surface area contributed by atoms with Crippen molar-refractivity contribution in [2.24, 2.45) is 5.73 Å². The monoisotopic (exact) mass is 286 g/mol. The van der Waals surface area contributed by atoms with Crippen LogP contribution in [0.2, 0.25) is 0 Å². The fraction of sp³-hybridized carbons (Fsp3) is 0.571. The number of nitrogens with two attached hydrogens (primary N) is 1. The first kappa shape index (κ1) is 15.0. The summed E-state index contributed by atoms with van der Waals surface area (Å²) in [6.07, 6.45) is 1.94. The van der Waals surface area contributed by atoms with Gasteiger partial charge in [-0.25, -0.2) is 0 Å². The van der Waals surface area contributed by atoms with E-state index in [-0.39, 0.29) is 11.8 Å². The highest BCUT2D eigenvalue weighted by Crippen LogP contribution is 2.30. The highest BCUT2D eigenvalue weighted by Gasteiger charge is 2.17. The van der Waals surface area contributed by atoms with Gasteiger partial charge >= 0.3 is 6.61 Å². The molecule has 1 saturated heterocycles. The lowest BCUT2D eigenvalue weighted by molar-refractivity contribution is -0.0512. The predicted octanol–water partition coefficient (Wildman–Crippen LogP) is 2.22. The first-order valence-electron chi connectivity index (χ1n) is 6.68. The Bertz CT molecular complexity index is 435. The van der Waals surface area contributed by atoms with Crippen LogP contribution in [0.15, 0.2) is 18.2 Å². The molecule has 1 aliphatic heterocycles. The lowest BCUT2D eigenvalue weighted by Gasteiger charge is -2.30. The van der Waals surface area contributed by atoms with E-state index in [0.29, 0.717) is 12.3 Å². The second-order valence-electron chi connectivity index (χ2n) is 4.98. The van der Waals surface area contributed by atoms with Crippen molar-refractivity contribution in [3.05, 3.63) is 23.8 Å². The van der Waals surface area contributed by atoms with Gasteiger partial charge in [-0.2, -0.15) is 8.78 Å². The van der Waals surface area contributed by atoms with Crippen LogP contribution in [0.25, 0.3) is 0 Å². The Morgan fingerprint density at radius 3 is 2.60 bits per heavy atom. The number of piperidine rings is 1. The minimum absolute atomic E-state index is 0.0775. The average molecular weight is 286 g/mol. The quantitative estimate of drug-likeness (QED) is 0.901. The summed E-state index contributed by atoms with van der Waals surface area (Å²) in [5, 5.41) is 0. The summed E-state index contributed by atoms with van der Waals surface area (Å²) in [7, 11) is 1.43. The predicted molar refractivity (Wildman–Crippen MR) is 72.1 cm³/mol. The van der Waals surface area contributed by atoms with Gasteiger partial charge in [0.05, 0.1) is 7.11 Å². The normalized spacial score (nSPS) is 17.4. The van der Waals surface area contributed by atoms with E-state index in [1.165, 1.54) is 7.11 Å². The van der Waals surface area contributed by atoms with Gasteiger partial charge in [0, 0.05) is 12.6 Å². The van der Waals surface area contributed by atoms with Gasteiger partial charge in [0.15, 0.2) is 11.5 Å².